The van der Waals surface area contributed by atoms with Gasteiger partial charge in [-0.1, -0.05) is 24.3 Å². The second kappa shape index (κ2) is 8.23. The molecule has 8 nitrogen and oxygen atoms in total. The Morgan fingerprint density at radius 1 is 1.10 bits per heavy atom. The van der Waals surface area contributed by atoms with Crippen molar-refractivity contribution in [3.8, 4) is 0 Å². The van der Waals surface area contributed by atoms with Crippen LogP contribution in [0.25, 0.3) is 21.8 Å². The van der Waals surface area contributed by atoms with Crippen molar-refractivity contribution >= 4 is 33.5 Å². The van der Waals surface area contributed by atoms with Gasteiger partial charge in [0.15, 0.2) is 5.82 Å². The number of anilines is 1. The molecular weight excluding hydrogens is 392 g/mol. The third-order valence-corrected chi connectivity index (χ3v) is 5.45. The minimum Gasteiger partial charge on any atom is -0.378 e. The first kappa shape index (κ1) is 19.3. The fourth-order valence-corrected chi connectivity index (χ4v) is 3.80. The van der Waals surface area contributed by atoms with Crippen molar-refractivity contribution < 1.29 is 9.53 Å². The van der Waals surface area contributed by atoms with Crippen LogP contribution in [0, 0.1) is 0 Å². The molecule has 1 aliphatic rings. The van der Waals surface area contributed by atoms with Gasteiger partial charge >= 0.3 is 0 Å². The average molecular weight is 414 g/mol. The molecule has 1 aromatic carbocycles. The fraction of sp³-hybridized carbons (Fsp3) is 0.261. The van der Waals surface area contributed by atoms with Crippen molar-refractivity contribution in [1.82, 2.24) is 24.8 Å². The predicted octanol–water partition coefficient (Wildman–Crippen LogP) is 3.22. The monoisotopic (exact) mass is 414 g/mol. The number of hydrogen-bond donors (Lipinski definition) is 1. The molecule has 0 radical (unpaired) electrons. The molecule has 5 rings (SSSR count). The zero-order chi connectivity index (χ0) is 21.2. The van der Waals surface area contributed by atoms with Crippen LogP contribution < -0.4 is 5.32 Å². The molecule has 0 bridgehead atoms. The van der Waals surface area contributed by atoms with Crippen LogP contribution in [0.15, 0.2) is 55.0 Å². The van der Waals surface area contributed by atoms with Gasteiger partial charge in [0.1, 0.15) is 17.5 Å². The standard InChI is InChI=1S/C23H22N6O2/c1-15(27-22-21-18(25-14-26-22)7-4-8-24-21)19-13-16-5-2-3-6-17(16)20(28-19)23(30)29-9-11-31-12-10-29/h2-8,13-15H,9-12H2,1H3,(H,25,26,27). The first-order valence-corrected chi connectivity index (χ1v) is 10.3. The van der Waals surface area contributed by atoms with E-state index < -0.39 is 0 Å². The van der Waals surface area contributed by atoms with E-state index in [1.807, 2.05) is 54.3 Å². The Morgan fingerprint density at radius 2 is 1.94 bits per heavy atom. The molecule has 1 atom stereocenters. The quantitative estimate of drug-likeness (QED) is 0.548. The molecule has 1 N–H and O–H groups in total. The number of ether oxygens (including phenoxy) is 1. The number of carbonyl (C=O) groups excluding carboxylic acids is 1. The van der Waals surface area contributed by atoms with Gasteiger partial charge in [-0.15, -0.1) is 0 Å². The Hall–Kier alpha value is -3.65. The van der Waals surface area contributed by atoms with Gasteiger partial charge in [-0.25, -0.2) is 15.0 Å². The van der Waals surface area contributed by atoms with Gasteiger partial charge in [0.2, 0.25) is 0 Å². The van der Waals surface area contributed by atoms with Crippen LogP contribution in [0.5, 0.6) is 0 Å². The van der Waals surface area contributed by atoms with Crippen LogP contribution in [-0.4, -0.2) is 57.0 Å². The van der Waals surface area contributed by atoms with E-state index in [4.69, 9.17) is 9.72 Å². The molecular formula is C23H22N6O2. The Bertz CT molecular complexity index is 1250. The molecule has 1 saturated heterocycles. The molecule has 1 fully saturated rings. The summed E-state index contributed by atoms with van der Waals surface area (Å²) in [5.41, 5.74) is 2.69. The molecule has 31 heavy (non-hydrogen) atoms. The first-order valence-electron chi connectivity index (χ1n) is 10.3. The van der Waals surface area contributed by atoms with Gasteiger partial charge in [0.25, 0.3) is 5.91 Å². The lowest BCUT2D eigenvalue weighted by Crippen LogP contribution is -2.41. The van der Waals surface area contributed by atoms with Gasteiger partial charge in [-0.3, -0.25) is 9.78 Å². The summed E-state index contributed by atoms with van der Waals surface area (Å²) in [5.74, 6) is 0.566. The highest BCUT2D eigenvalue weighted by molar-refractivity contribution is 6.05. The SMILES string of the molecule is CC(Nc1ncnc2cccnc12)c1cc2ccccc2c(C(=O)N2CCOCC2)n1. The predicted molar refractivity (Wildman–Crippen MR) is 118 cm³/mol. The zero-order valence-electron chi connectivity index (χ0n) is 17.2. The molecule has 4 aromatic rings. The zero-order valence-corrected chi connectivity index (χ0v) is 17.2. The fourth-order valence-electron chi connectivity index (χ4n) is 3.80. The number of morpholine rings is 1. The number of benzene rings is 1. The highest BCUT2D eigenvalue weighted by Crippen LogP contribution is 2.26. The smallest absolute Gasteiger partial charge is 0.273 e. The molecule has 1 unspecified atom stereocenters. The first-order chi connectivity index (χ1) is 15.2. The molecule has 3 aromatic heterocycles. The van der Waals surface area contributed by atoms with E-state index in [-0.39, 0.29) is 11.9 Å². The van der Waals surface area contributed by atoms with Crippen LogP contribution in [0.3, 0.4) is 0 Å². The summed E-state index contributed by atoms with van der Waals surface area (Å²) in [4.78, 5) is 32.9. The second-order valence-corrected chi connectivity index (χ2v) is 7.48. The van der Waals surface area contributed by atoms with Crippen molar-refractivity contribution in [2.24, 2.45) is 0 Å². The van der Waals surface area contributed by atoms with Gasteiger partial charge in [-0.2, -0.15) is 0 Å². The van der Waals surface area contributed by atoms with Gasteiger partial charge in [0.05, 0.1) is 30.5 Å². The summed E-state index contributed by atoms with van der Waals surface area (Å²) in [5, 5.41) is 5.22. The van der Waals surface area contributed by atoms with E-state index in [1.54, 1.807) is 6.20 Å². The summed E-state index contributed by atoms with van der Waals surface area (Å²) in [6.07, 6.45) is 3.23. The van der Waals surface area contributed by atoms with E-state index in [0.29, 0.717) is 43.3 Å². The number of fused-ring (bicyclic) bond motifs is 2. The lowest BCUT2D eigenvalue weighted by molar-refractivity contribution is 0.0300. The number of hydrogen-bond acceptors (Lipinski definition) is 7. The lowest BCUT2D eigenvalue weighted by Gasteiger charge is -2.27. The van der Waals surface area contributed by atoms with E-state index >= 15 is 0 Å². The molecule has 0 spiro atoms. The Morgan fingerprint density at radius 3 is 2.81 bits per heavy atom. The van der Waals surface area contributed by atoms with Crippen molar-refractivity contribution in [1.29, 1.82) is 0 Å². The number of rotatable bonds is 4. The Labute approximate surface area is 179 Å². The van der Waals surface area contributed by atoms with E-state index in [2.05, 4.69) is 20.3 Å². The van der Waals surface area contributed by atoms with E-state index in [9.17, 15) is 4.79 Å². The number of carbonyl (C=O) groups is 1. The van der Waals surface area contributed by atoms with Crippen LogP contribution >= 0.6 is 0 Å². The average Bonchev–Trinajstić information content (AvgIpc) is 2.83. The Kier molecular flexibility index (Phi) is 5.13. The third kappa shape index (κ3) is 3.77. The second-order valence-electron chi connectivity index (χ2n) is 7.48. The number of nitrogens with one attached hydrogen (secondary N) is 1. The van der Waals surface area contributed by atoms with Crippen LogP contribution in [-0.2, 0) is 4.74 Å². The van der Waals surface area contributed by atoms with Crippen molar-refractivity contribution in [2.75, 3.05) is 31.6 Å². The molecule has 1 amide bonds. The largest absolute Gasteiger partial charge is 0.378 e. The van der Waals surface area contributed by atoms with Gasteiger partial charge in [0, 0.05) is 24.7 Å². The maximum atomic E-state index is 13.3. The highest BCUT2D eigenvalue weighted by atomic mass is 16.5. The van der Waals surface area contributed by atoms with Crippen LogP contribution in [0.4, 0.5) is 5.82 Å². The van der Waals surface area contributed by atoms with Gasteiger partial charge in [-0.05, 0) is 30.5 Å². The van der Waals surface area contributed by atoms with E-state index in [1.165, 1.54) is 6.33 Å². The number of pyridine rings is 2. The van der Waals surface area contributed by atoms with Crippen molar-refractivity contribution in [2.45, 2.75) is 13.0 Å². The minimum atomic E-state index is -0.194. The van der Waals surface area contributed by atoms with Crippen LogP contribution in [0.2, 0.25) is 0 Å². The molecule has 4 heterocycles. The van der Waals surface area contributed by atoms with Crippen molar-refractivity contribution in [3.63, 3.8) is 0 Å². The summed E-state index contributed by atoms with van der Waals surface area (Å²) >= 11 is 0. The highest BCUT2D eigenvalue weighted by Gasteiger charge is 2.23. The molecule has 0 aliphatic carbocycles. The van der Waals surface area contributed by atoms with Crippen LogP contribution in [0.1, 0.15) is 29.1 Å². The maximum absolute atomic E-state index is 13.3. The van der Waals surface area contributed by atoms with Gasteiger partial charge < -0.3 is 15.0 Å². The molecule has 0 saturated carbocycles. The molecule has 8 heteroatoms. The topological polar surface area (TPSA) is 93.1 Å². The number of nitrogens with zero attached hydrogens (tertiary/aromatic N) is 5. The normalized spacial score (nSPS) is 15.2. The minimum absolute atomic E-state index is 0.0669. The Balaban J connectivity index is 1.52. The summed E-state index contributed by atoms with van der Waals surface area (Å²) < 4.78 is 5.39. The summed E-state index contributed by atoms with van der Waals surface area (Å²) in [6.45, 7) is 4.25. The third-order valence-electron chi connectivity index (χ3n) is 5.45. The molecule has 156 valence electrons. The number of aromatic nitrogens is 4. The number of amides is 1. The van der Waals surface area contributed by atoms with Crippen molar-refractivity contribution in [3.05, 3.63) is 66.4 Å². The van der Waals surface area contributed by atoms with E-state index in [0.717, 1.165) is 22.0 Å². The summed E-state index contributed by atoms with van der Waals surface area (Å²) in [7, 11) is 0. The lowest BCUT2D eigenvalue weighted by atomic mass is 10.0. The summed E-state index contributed by atoms with van der Waals surface area (Å²) in [6, 6.07) is 13.4. The molecule has 1 aliphatic heterocycles. The maximum Gasteiger partial charge on any atom is 0.273 e.